The van der Waals surface area contributed by atoms with Crippen LogP contribution in [0.15, 0.2) is 48.8 Å². The van der Waals surface area contributed by atoms with E-state index in [-0.39, 0.29) is 30.8 Å². The summed E-state index contributed by atoms with van der Waals surface area (Å²) in [5.41, 5.74) is 4.07. The number of nitrogens with zero attached hydrogens (tertiary/aromatic N) is 5. The monoisotopic (exact) mass is 545 g/mol. The molecule has 2 saturated heterocycles. The number of amides is 2. The van der Waals surface area contributed by atoms with E-state index in [0.29, 0.717) is 31.1 Å². The van der Waals surface area contributed by atoms with Crippen LogP contribution in [0.2, 0.25) is 0 Å². The van der Waals surface area contributed by atoms with Gasteiger partial charge in [-0.25, -0.2) is 4.98 Å². The quantitative estimate of drug-likeness (QED) is 0.498. The summed E-state index contributed by atoms with van der Waals surface area (Å²) in [4.78, 5) is 36.6. The molecule has 0 N–H and O–H groups in total. The smallest absolute Gasteiger partial charge is 0.228 e. The first-order chi connectivity index (χ1) is 19.5. The number of aromatic nitrogens is 2. The van der Waals surface area contributed by atoms with Gasteiger partial charge in [-0.1, -0.05) is 6.07 Å². The van der Waals surface area contributed by atoms with Gasteiger partial charge in [-0.2, -0.15) is 0 Å². The molecule has 3 aromatic rings. The Morgan fingerprint density at radius 3 is 2.73 bits per heavy atom. The number of methoxy groups -OCH3 is 1. The van der Waals surface area contributed by atoms with E-state index in [9.17, 15) is 9.59 Å². The van der Waals surface area contributed by atoms with Crippen LogP contribution in [0.3, 0.4) is 0 Å². The van der Waals surface area contributed by atoms with Crippen LogP contribution in [0.1, 0.15) is 17.5 Å². The number of carbonyl (C=O) groups excluding carboxylic acids is 2. The number of rotatable bonds is 4. The predicted octanol–water partition coefficient (Wildman–Crippen LogP) is 2.58. The summed E-state index contributed by atoms with van der Waals surface area (Å²) in [7, 11) is 3.36. The molecule has 2 aromatic carbocycles. The van der Waals surface area contributed by atoms with E-state index in [1.165, 1.54) is 5.56 Å². The van der Waals surface area contributed by atoms with Gasteiger partial charge in [0.2, 0.25) is 11.8 Å². The Bertz CT molecular complexity index is 1400. The number of imidazole rings is 1. The van der Waals surface area contributed by atoms with Gasteiger partial charge in [-0.15, -0.1) is 0 Å². The van der Waals surface area contributed by atoms with E-state index in [4.69, 9.17) is 14.2 Å². The van der Waals surface area contributed by atoms with Crippen molar-refractivity contribution < 1.29 is 23.8 Å². The Balaban J connectivity index is 1.42. The highest BCUT2D eigenvalue weighted by molar-refractivity contribution is 5.89. The van der Waals surface area contributed by atoms with E-state index in [1.54, 1.807) is 25.3 Å². The summed E-state index contributed by atoms with van der Waals surface area (Å²) in [6.07, 6.45) is 3.99. The molecule has 4 bridgehead atoms. The second-order valence-corrected chi connectivity index (χ2v) is 10.7. The van der Waals surface area contributed by atoms with Crippen molar-refractivity contribution in [2.24, 2.45) is 5.92 Å². The molecule has 10 heteroatoms. The maximum absolute atomic E-state index is 13.8. The zero-order valence-electron chi connectivity index (χ0n) is 23.0. The molecule has 3 aliphatic rings. The number of carbonyl (C=O) groups is 2. The molecule has 10 nitrogen and oxygen atoms in total. The second kappa shape index (κ2) is 11.3. The van der Waals surface area contributed by atoms with Gasteiger partial charge in [0.1, 0.15) is 12.4 Å². The van der Waals surface area contributed by atoms with Gasteiger partial charge in [0.15, 0.2) is 11.5 Å². The number of morpholine rings is 1. The molecule has 40 heavy (non-hydrogen) atoms. The van der Waals surface area contributed by atoms with Crippen molar-refractivity contribution in [1.29, 1.82) is 0 Å². The van der Waals surface area contributed by atoms with Gasteiger partial charge in [0, 0.05) is 69.8 Å². The Hall–Kier alpha value is -3.89. The van der Waals surface area contributed by atoms with Gasteiger partial charge in [-0.3, -0.25) is 19.1 Å². The molecule has 1 aromatic heterocycles. The first-order valence-electron chi connectivity index (χ1n) is 13.8. The summed E-state index contributed by atoms with van der Waals surface area (Å²) in [5.74, 6) is 1.62. The Kier molecular flexibility index (Phi) is 7.44. The molecule has 0 radical (unpaired) electrons. The molecule has 0 saturated carbocycles. The summed E-state index contributed by atoms with van der Waals surface area (Å²) in [6, 6.07) is 12.3. The van der Waals surface area contributed by atoms with Crippen LogP contribution in [0.5, 0.6) is 11.5 Å². The summed E-state index contributed by atoms with van der Waals surface area (Å²) in [5, 5.41) is 0. The maximum Gasteiger partial charge on any atom is 0.228 e. The molecular formula is C30H35N5O5. The van der Waals surface area contributed by atoms with Crippen molar-refractivity contribution in [2.75, 3.05) is 60.2 Å². The molecule has 0 aliphatic carbocycles. The molecular weight excluding hydrogens is 510 g/mol. The zero-order valence-corrected chi connectivity index (χ0v) is 23.0. The largest absolute Gasteiger partial charge is 0.493 e. The van der Waals surface area contributed by atoms with E-state index >= 15 is 0 Å². The van der Waals surface area contributed by atoms with E-state index in [2.05, 4.69) is 32.7 Å². The predicted molar refractivity (Wildman–Crippen MR) is 148 cm³/mol. The minimum atomic E-state index is -0.359. The topological polar surface area (TPSA) is 89.4 Å². The molecule has 210 valence electrons. The fourth-order valence-electron chi connectivity index (χ4n) is 5.78. The van der Waals surface area contributed by atoms with Crippen molar-refractivity contribution in [3.8, 4) is 28.6 Å². The fourth-order valence-corrected chi connectivity index (χ4v) is 5.78. The maximum atomic E-state index is 13.8. The van der Waals surface area contributed by atoms with Crippen molar-refractivity contribution >= 4 is 11.8 Å². The highest BCUT2D eigenvalue weighted by Gasteiger charge is 2.35. The number of likely N-dealkylation sites (tertiary alicyclic amines) is 1. The van der Waals surface area contributed by atoms with Gasteiger partial charge in [-0.05, 0) is 41.5 Å². The number of hydrogen-bond acceptors (Lipinski definition) is 7. The van der Waals surface area contributed by atoms with Gasteiger partial charge >= 0.3 is 0 Å². The number of fused-ring (bicyclic) bond motifs is 7. The molecule has 2 amide bonds. The average Bonchev–Trinajstić information content (AvgIpc) is 3.59. The van der Waals surface area contributed by atoms with Crippen LogP contribution in [-0.4, -0.2) is 96.2 Å². The van der Waals surface area contributed by atoms with Crippen molar-refractivity contribution in [3.63, 3.8) is 0 Å². The van der Waals surface area contributed by atoms with Crippen molar-refractivity contribution in [3.05, 3.63) is 59.9 Å². The number of hydrogen-bond donors (Lipinski definition) is 0. The first kappa shape index (κ1) is 26.3. The second-order valence-electron chi connectivity index (χ2n) is 10.7. The van der Waals surface area contributed by atoms with Crippen LogP contribution in [0, 0.1) is 5.92 Å². The summed E-state index contributed by atoms with van der Waals surface area (Å²) >= 11 is 0. The van der Waals surface area contributed by atoms with Gasteiger partial charge < -0.3 is 24.0 Å². The minimum absolute atomic E-state index is 0.00410. The third-order valence-corrected chi connectivity index (χ3v) is 7.88. The lowest BCUT2D eigenvalue weighted by Gasteiger charge is -2.28. The lowest BCUT2D eigenvalue weighted by atomic mass is 10.0. The average molecular weight is 546 g/mol. The summed E-state index contributed by atoms with van der Waals surface area (Å²) < 4.78 is 19.4. The number of benzene rings is 2. The van der Waals surface area contributed by atoms with Gasteiger partial charge in [0.25, 0.3) is 0 Å². The molecule has 4 heterocycles. The number of ether oxygens (including phenoxy) is 3. The van der Waals surface area contributed by atoms with Crippen LogP contribution >= 0.6 is 0 Å². The molecule has 0 spiro atoms. The normalized spacial score (nSPS) is 19.8. The minimum Gasteiger partial charge on any atom is -0.493 e. The van der Waals surface area contributed by atoms with E-state index < -0.39 is 0 Å². The molecule has 1 atom stereocenters. The molecule has 2 fully saturated rings. The van der Waals surface area contributed by atoms with E-state index in [0.717, 1.165) is 55.5 Å². The van der Waals surface area contributed by atoms with Crippen LogP contribution < -0.4 is 9.47 Å². The molecule has 3 aliphatic heterocycles. The third kappa shape index (κ3) is 5.41. The Morgan fingerprint density at radius 2 is 1.95 bits per heavy atom. The van der Waals surface area contributed by atoms with Crippen LogP contribution in [-0.2, 0) is 27.4 Å². The highest BCUT2D eigenvalue weighted by Crippen LogP contribution is 2.34. The Labute approximate surface area is 234 Å². The SMILES string of the molecule is COc1ccc2cc1OCCN(C(=O)C1CC(=O)N(C)C1)Cc1cc(CN3CCOCC3)cc(c1)-n1ccnc1-2. The Morgan fingerprint density at radius 1 is 1.10 bits per heavy atom. The van der Waals surface area contributed by atoms with Crippen molar-refractivity contribution in [1.82, 2.24) is 24.3 Å². The summed E-state index contributed by atoms with van der Waals surface area (Å²) in [6.45, 7) is 5.55. The lowest BCUT2D eigenvalue weighted by molar-refractivity contribution is -0.136. The molecule has 6 rings (SSSR count). The highest BCUT2D eigenvalue weighted by atomic mass is 16.5. The molecule has 1 unspecified atom stereocenters. The first-order valence-corrected chi connectivity index (χ1v) is 13.8. The van der Waals surface area contributed by atoms with E-state index in [1.807, 2.05) is 29.3 Å². The van der Waals surface area contributed by atoms with Crippen LogP contribution in [0.4, 0.5) is 0 Å². The fraction of sp³-hybridized carbons (Fsp3) is 0.433. The lowest BCUT2D eigenvalue weighted by Crippen LogP contribution is -2.39. The van der Waals surface area contributed by atoms with Crippen LogP contribution in [0.25, 0.3) is 17.1 Å². The van der Waals surface area contributed by atoms with Gasteiger partial charge in [0.05, 0.1) is 32.8 Å². The third-order valence-electron chi connectivity index (χ3n) is 7.88. The van der Waals surface area contributed by atoms with Crippen molar-refractivity contribution in [2.45, 2.75) is 19.5 Å². The zero-order chi connectivity index (χ0) is 27.6. The standard InChI is InChI=1S/C30H35N5O5/c1-32-20-24(17-28(32)36)30(37)34-9-12-40-27-16-23(3-4-26(27)38-2)29-31-5-6-35(29)25-14-21(13-22(15-25)19-34)18-33-7-10-39-11-8-33/h3-6,13-16,24H,7-12,17-20H2,1-2H3.